The second kappa shape index (κ2) is 45.4. The molecule has 0 aliphatic carbocycles. The van der Waals surface area contributed by atoms with Gasteiger partial charge in [-0.2, -0.15) is 0 Å². The summed E-state index contributed by atoms with van der Waals surface area (Å²) in [4.78, 5) is 44.0. The van der Waals surface area contributed by atoms with Gasteiger partial charge >= 0.3 is 11.9 Å². The van der Waals surface area contributed by atoms with Crippen molar-refractivity contribution in [2.24, 2.45) is 5.92 Å². The van der Waals surface area contributed by atoms with Crippen LogP contribution in [0.2, 0.25) is 0 Å². The molecule has 0 radical (unpaired) electrons. The Labute approximate surface area is 378 Å². The molecule has 7 nitrogen and oxygen atoms in total. The molecule has 0 spiro atoms. The van der Waals surface area contributed by atoms with Crippen LogP contribution in [0.4, 0.5) is 0 Å². The summed E-state index contributed by atoms with van der Waals surface area (Å²) in [5.74, 6) is -0.0861. The molecular formula is C54H98N2O5. The lowest BCUT2D eigenvalue weighted by Gasteiger charge is -2.33. The zero-order valence-electron chi connectivity index (χ0n) is 41.0. The number of hydrogen-bond acceptors (Lipinski definition) is 6. The predicted molar refractivity (Wildman–Crippen MR) is 262 cm³/mol. The van der Waals surface area contributed by atoms with Crippen LogP contribution < -0.4 is 0 Å². The Bertz CT molecular complexity index is 1070. The van der Waals surface area contributed by atoms with E-state index in [0.29, 0.717) is 31.7 Å². The van der Waals surface area contributed by atoms with Crippen LogP contribution in [-0.4, -0.2) is 74.1 Å². The highest BCUT2D eigenvalue weighted by Gasteiger charge is 2.28. The van der Waals surface area contributed by atoms with E-state index in [2.05, 4.69) is 81.2 Å². The zero-order chi connectivity index (χ0) is 44.9. The van der Waals surface area contributed by atoms with E-state index in [0.717, 1.165) is 116 Å². The molecule has 0 rings (SSSR count). The Balaban J connectivity index is 5.03. The molecule has 1 amide bonds. The molecule has 0 aromatic heterocycles. The molecule has 0 fully saturated rings. The van der Waals surface area contributed by atoms with Gasteiger partial charge in [-0.25, -0.2) is 0 Å². The minimum atomic E-state index is -0.495. The van der Waals surface area contributed by atoms with Crippen molar-refractivity contribution in [1.29, 1.82) is 0 Å². The molecule has 61 heavy (non-hydrogen) atoms. The van der Waals surface area contributed by atoms with Crippen LogP contribution >= 0.6 is 0 Å². The fourth-order valence-corrected chi connectivity index (χ4v) is 7.48. The van der Waals surface area contributed by atoms with E-state index in [1.54, 1.807) is 0 Å². The van der Waals surface area contributed by atoms with Gasteiger partial charge in [0.15, 0.2) is 0 Å². The van der Waals surface area contributed by atoms with E-state index >= 15 is 0 Å². The number of carbonyl (C=O) groups is 3. The van der Waals surface area contributed by atoms with E-state index in [4.69, 9.17) is 9.47 Å². The second-order valence-electron chi connectivity index (χ2n) is 17.7. The predicted octanol–water partition coefficient (Wildman–Crippen LogP) is 14.8. The van der Waals surface area contributed by atoms with Crippen molar-refractivity contribution in [3.63, 3.8) is 0 Å². The maximum atomic E-state index is 14.0. The van der Waals surface area contributed by atoms with Crippen molar-refractivity contribution in [1.82, 2.24) is 9.80 Å². The lowest BCUT2D eigenvalue weighted by atomic mass is 9.94. The van der Waals surface area contributed by atoms with Gasteiger partial charge in [0.1, 0.15) is 13.2 Å². The summed E-state index contributed by atoms with van der Waals surface area (Å²) >= 11 is 0. The first-order valence-corrected chi connectivity index (χ1v) is 25.6. The van der Waals surface area contributed by atoms with Crippen LogP contribution in [0, 0.1) is 5.92 Å². The van der Waals surface area contributed by atoms with Gasteiger partial charge < -0.3 is 19.3 Å². The molecule has 0 aliphatic rings. The van der Waals surface area contributed by atoms with Gasteiger partial charge in [-0.3, -0.25) is 14.4 Å². The van der Waals surface area contributed by atoms with Crippen LogP contribution in [0.15, 0.2) is 48.6 Å². The maximum Gasteiger partial charge on any atom is 0.305 e. The Hall–Kier alpha value is -2.67. The Morgan fingerprint density at radius 2 is 0.885 bits per heavy atom. The van der Waals surface area contributed by atoms with E-state index < -0.39 is 6.04 Å². The van der Waals surface area contributed by atoms with Gasteiger partial charge in [-0.05, 0) is 116 Å². The first kappa shape index (κ1) is 58.3. The van der Waals surface area contributed by atoms with Gasteiger partial charge in [0.05, 0.1) is 6.04 Å². The highest BCUT2D eigenvalue weighted by Crippen LogP contribution is 2.21. The summed E-state index contributed by atoms with van der Waals surface area (Å²) in [5, 5.41) is 0. The Morgan fingerprint density at radius 1 is 0.475 bits per heavy atom. The molecule has 0 saturated carbocycles. The van der Waals surface area contributed by atoms with Crippen LogP contribution in [0.3, 0.4) is 0 Å². The van der Waals surface area contributed by atoms with Crippen molar-refractivity contribution in [2.75, 3.05) is 40.4 Å². The number of rotatable bonds is 44. The van der Waals surface area contributed by atoms with Gasteiger partial charge in [0.25, 0.3) is 0 Å². The molecule has 0 aliphatic heterocycles. The standard InChI is InChI=1S/C54H98N2O5/c1-7-11-14-16-18-20-22-24-26-28-30-32-34-36-39-43-53(58)60-48-51(56(46-41-45-55(5)6)52(57)47-50(10-4)42-38-13-9-3)49-61-54(59)44-40-37-35-33-31-29-27-25-23-21-19-17-15-12-8-2/h18-21,24-27,50-51H,7-17,22-23,28-49H2,1-6H3/b20-18-,21-19-,26-24-,27-25-. The van der Waals surface area contributed by atoms with Gasteiger partial charge in [-0.1, -0.05) is 166 Å². The zero-order valence-corrected chi connectivity index (χ0v) is 41.0. The van der Waals surface area contributed by atoms with Crippen molar-refractivity contribution in [3.8, 4) is 0 Å². The smallest absolute Gasteiger partial charge is 0.305 e. The number of amides is 1. The molecule has 0 N–H and O–H groups in total. The lowest BCUT2D eigenvalue weighted by Crippen LogP contribution is -2.47. The molecule has 1 unspecified atom stereocenters. The average molecular weight is 855 g/mol. The van der Waals surface area contributed by atoms with E-state index in [1.165, 1.54) is 70.6 Å². The Morgan fingerprint density at radius 3 is 1.31 bits per heavy atom. The SMILES string of the molecule is CCCCC/C=C\C/C=C\CCCCCCCC(=O)OCC(COC(=O)CCCCCCC/C=C\C/C=C\CCCCC)N(CCCN(C)C)C(=O)CC(CC)CCCCC. The highest BCUT2D eigenvalue weighted by atomic mass is 16.5. The highest BCUT2D eigenvalue weighted by molar-refractivity contribution is 5.77. The second-order valence-corrected chi connectivity index (χ2v) is 17.7. The van der Waals surface area contributed by atoms with Crippen LogP contribution in [0.1, 0.15) is 227 Å². The summed E-state index contributed by atoms with van der Waals surface area (Å²) < 4.78 is 11.7. The van der Waals surface area contributed by atoms with Crippen LogP contribution in [0.25, 0.3) is 0 Å². The average Bonchev–Trinajstić information content (AvgIpc) is 3.24. The molecule has 0 saturated heterocycles. The van der Waals surface area contributed by atoms with Crippen molar-refractivity contribution in [3.05, 3.63) is 48.6 Å². The normalized spacial score (nSPS) is 12.6. The summed E-state index contributed by atoms with van der Waals surface area (Å²) in [5.41, 5.74) is 0. The van der Waals surface area contributed by atoms with Gasteiger partial charge in [0, 0.05) is 25.8 Å². The summed E-state index contributed by atoms with van der Waals surface area (Å²) in [6.07, 6.45) is 50.6. The van der Waals surface area contributed by atoms with Crippen LogP contribution in [0.5, 0.6) is 0 Å². The quantitative estimate of drug-likeness (QED) is 0.0345. The molecular weight excluding hydrogens is 757 g/mol. The minimum Gasteiger partial charge on any atom is -0.463 e. The molecule has 0 bridgehead atoms. The molecule has 354 valence electrons. The molecule has 0 aromatic carbocycles. The first-order chi connectivity index (χ1) is 29.8. The van der Waals surface area contributed by atoms with Crippen molar-refractivity contribution in [2.45, 2.75) is 233 Å². The van der Waals surface area contributed by atoms with E-state index in [1.807, 2.05) is 19.0 Å². The monoisotopic (exact) mass is 855 g/mol. The molecule has 1 atom stereocenters. The molecule has 7 heteroatoms. The van der Waals surface area contributed by atoms with Crippen molar-refractivity contribution >= 4 is 17.8 Å². The van der Waals surface area contributed by atoms with E-state index in [9.17, 15) is 14.4 Å². The summed E-state index contributed by atoms with van der Waals surface area (Å²) in [6, 6.07) is -0.495. The molecule has 0 aromatic rings. The third-order valence-electron chi connectivity index (χ3n) is 11.6. The third kappa shape index (κ3) is 39.9. The lowest BCUT2D eigenvalue weighted by molar-refractivity contribution is -0.154. The van der Waals surface area contributed by atoms with Gasteiger partial charge in [-0.15, -0.1) is 0 Å². The number of hydrogen-bond donors (Lipinski definition) is 0. The maximum absolute atomic E-state index is 14.0. The number of allylic oxidation sites excluding steroid dienone is 8. The Kier molecular flexibility index (Phi) is 43.4. The van der Waals surface area contributed by atoms with Gasteiger partial charge in [0.2, 0.25) is 5.91 Å². The minimum absolute atomic E-state index is 0.0520. The largest absolute Gasteiger partial charge is 0.463 e. The summed E-state index contributed by atoms with van der Waals surface area (Å²) in [6.45, 7) is 10.3. The third-order valence-corrected chi connectivity index (χ3v) is 11.6. The number of esters is 2. The van der Waals surface area contributed by atoms with E-state index in [-0.39, 0.29) is 31.1 Å². The fraction of sp³-hybridized carbons (Fsp3) is 0.796. The van der Waals surface area contributed by atoms with Crippen molar-refractivity contribution < 1.29 is 23.9 Å². The fourth-order valence-electron chi connectivity index (χ4n) is 7.48. The number of nitrogens with zero attached hydrogens (tertiary/aromatic N) is 2. The summed E-state index contributed by atoms with van der Waals surface area (Å²) in [7, 11) is 4.07. The number of unbranched alkanes of at least 4 members (excludes halogenated alkanes) is 18. The molecule has 0 heterocycles. The van der Waals surface area contributed by atoms with Crippen LogP contribution in [-0.2, 0) is 23.9 Å². The number of ether oxygens (including phenoxy) is 2. The first-order valence-electron chi connectivity index (χ1n) is 25.6. The number of carbonyl (C=O) groups excluding carboxylic acids is 3. The topological polar surface area (TPSA) is 76.2 Å².